The molecule has 0 atom stereocenters. The van der Waals surface area contributed by atoms with E-state index in [9.17, 15) is 10.1 Å². The first-order valence-electron chi connectivity index (χ1n) is 6.90. The first kappa shape index (κ1) is 14.6. The summed E-state index contributed by atoms with van der Waals surface area (Å²) in [5.74, 6) is 0.547. The molecule has 0 aliphatic rings. The number of anilines is 1. The molecule has 0 radical (unpaired) electrons. The average molecular weight is 307 g/mol. The highest BCUT2D eigenvalue weighted by Crippen LogP contribution is 2.16. The molecule has 0 aliphatic heterocycles. The van der Waals surface area contributed by atoms with Gasteiger partial charge in [0.05, 0.1) is 27.9 Å². The average Bonchev–Trinajstić information content (AvgIpc) is 2.55. The van der Waals surface area contributed by atoms with Crippen molar-refractivity contribution in [3.05, 3.63) is 69.9 Å². The van der Waals surface area contributed by atoms with Crippen LogP contribution in [-0.4, -0.2) is 21.1 Å². The number of fused-ring (bicyclic) bond motifs is 1. The molecule has 0 fully saturated rings. The Hall–Kier alpha value is -3.35. The Balaban J connectivity index is 1.81. The van der Waals surface area contributed by atoms with Crippen molar-refractivity contribution >= 4 is 28.8 Å². The molecule has 1 heterocycles. The first-order chi connectivity index (χ1) is 11.1. The van der Waals surface area contributed by atoms with Gasteiger partial charge in [-0.1, -0.05) is 24.3 Å². The van der Waals surface area contributed by atoms with E-state index in [0.717, 1.165) is 16.7 Å². The number of hydrogen-bond acceptors (Lipinski definition) is 6. The van der Waals surface area contributed by atoms with Crippen molar-refractivity contribution in [1.82, 2.24) is 9.97 Å². The Kier molecular flexibility index (Phi) is 3.92. The van der Waals surface area contributed by atoms with Crippen LogP contribution < -0.4 is 5.43 Å². The summed E-state index contributed by atoms with van der Waals surface area (Å²) in [4.78, 5) is 19.2. The van der Waals surface area contributed by atoms with E-state index >= 15 is 0 Å². The predicted molar refractivity (Wildman–Crippen MR) is 88.6 cm³/mol. The van der Waals surface area contributed by atoms with Crippen LogP contribution in [0.1, 0.15) is 11.3 Å². The molecule has 1 aromatic heterocycles. The Morgan fingerprint density at radius 3 is 2.61 bits per heavy atom. The summed E-state index contributed by atoms with van der Waals surface area (Å²) in [7, 11) is 0. The van der Waals surface area contributed by atoms with Crippen LogP contribution in [0.5, 0.6) is 0 Å². The summed E-state index contributed by atoms with van der Waals surface area (Å²) in [5, 5.41) is 14.8. The second-order valence-electron chi connectivity index (χ2n) is 4.87. The highest BCUT2D eigenvalue weighted by molar-refractivity contribution is 5.81. The number of benzene rings is 2. The summed E-state index contributed by atoms with van der Waals surface area (Å²) in [5.41, 5.74) is 5.78. The maximum atomic E-state index is 10.7. The third-order valence-electron chi connectivity index (χ3n) is 3.21. The molecule has 0 saturated carbocycles. The second-order valence-corrected chi connectivity index (χ2v) is 4.87. The summed E-state index contributed by atoms with van der Waals surface area (Å²) in [6.45, 7) is 1.84. The van der Waals surface area contributed by atoms with E-state index in [4.69, 9.17) is 0 Å². The number of non-ortho nitro benzene ring substituents is 1. The number of hydrazone groups is 1. The first-order valence-corrected chi connectivity index (χ1v) is 6.90. The Morgan fingerprint density at radius 1 is 1.13 bits per heavy atom. The SMILES string of the molecule is Cc1nc2ccccc2nc1N/N=C\c1cccc([N+](=O)[O-])c1. The van der Waals surface area contributed by atoms with Gasteiger partial charge < -0.3 is 0 Å². The minimum absolute atomic E-state index is 0.0237. The molecular formula is C16H13N5O2. The smallest absolute Gasteiger partial charge is 0.260 e. The number of nitro benzene ring substituents is 1. The van der Waals surface area contributed by atoms with Crippen molar-refractivity contribution in [3.63, 3.8) is 0 Å². The molecule has 0 aliphatic carbocycles. The highest BCUT2D eigenvalue weighted by atomic mass is 16.6. The van der Waals surface area contributed by atoms with Crippen molar-refractivity contribution in [1.29, 1.82) is 0 Å². The lowest BCUT2D eigenvalue weighted by molar-refractivity contribution is -0.384. The molecular weight excluding hydrogens is 294 g/mol. The predicted octanol–water partition coefficient (Wildman–Crippen LogP) is 3.29. The van der Waals surface area contributed by atoms with Crippen LogP contribution in [0.4, 0.5) is 11.5 Å². The van der Waals surface area contributed by atoms with E-state index in [0.29, 0.717) is 11.4 Å². The van der Waals surface area contributed by atoms with Gasteiger partial charge in [-0.15, -0.1) is 0 Å². The standard InChI is InChI=1S/C16H13N5O2/c1-11-16(19-15-8-3-2-7-14(15)18-11)20-17-10-12-5-4-6-13(9-12)21(22)23/h2-10H,1H3,(H,19,20)/b17-10-. The maximum absolute atomic E-state index is 10.7. The fourth-order valence-corrected chi connectivity index (χ4v) is 2.08. The number of nitro groups is 1. The van der Waals surface area contributed by atoms with E-state index < -0.39 is 4.92 Å². The number of aryl methyl sites for hydroxylation is 1. The molecule has 3 aromatic rings. The van der Waals surface area contributed by atoms with Gasteiger partial charge >= 0.3 is 0 Å². The van der Waals surface area contributed by atoms with Crippen LogP contribution >= 0.6 is 0 Å². The fourth-order valence-electron chi connectivity index (χ4n) is 2.08. The van der Waals surface area contributed by atoms with Crippen LogP contribution in [0.15, 0.2) is 53.6 Å². The van der Waals surface area contributed by atoms with Crippen LogP contribution in [0.2, 0.25) is 0 Å². The zero-order chi connectivity index (χ0) is 16.2. The monoisotopic (exact) mass is 307 g/mol. The quantitative estimate of drug-likeness (QED) is 0.453. The number of para-hydroxylation sites is 2. The van der Waals surface area contributed by atoms with Gasteiger partial charge in [0.1, 0.15) is 0 Å². The molecule has 114 valence electrons. The van der Waals surface area contributed by atoms with E-state index in [1.165, 1.54) is 18.3 Å². The molecule has 2 aromatic carbocycles. The third-order valence-corrected chi connectivity index (χ3v) is 3.21. The van der Waals surface area contributed by atoms with Gasteiger partial charge in [-0.3, -0.25) is 15.5 Å². The summed E-state index contributed by atoms with van der Waals surface area (Å²) < 4.78 is 0. The van der Waals surface area contributed by atoms with Gasteiger partial charge in [-0.05, 0) is 19.1 Å². The lowest BCUT2D eigenvalue weighted by Crippen LogP contribution is -1.99. The number of nitrogens with zero attached hydrogens (tertiary/aromatic N) is 4. The van der Waals surface area contributed by atoms with Crippen LogP contribution in [0.3, 0.4) is 0 Å². The molecule has 0 spiro atoms. The van der Waals surface area contributed by atoms with Gasteiger partial charge in [0.15, 0.2) is 5.82 Å². The minimum Gasteiger partial charge on any atom is -0.260 e. The largest absolute Gasteiger partial charge is 0.270 e. The molecule has 0 unspecified atom stereocenters. The highest BCUT2D eigenvalue weighted by Gasteiger charge is 2.05. The number of rotatable bonds is 4. The van der Waals surface area contributed by atoms with Crippen LogP contribution in [0.25, 0.3) is 11.0 Å². The Labute approximate surface area is 131 Å². The van der Waals surface area contributed by atoms with Gasteiger partial charge in [0.25, 0.3) is 5.69 Å². The third kappa shape index (κ3) is 3.29. The molecule has 7 heteroatoms. The lowest BCUT2D eigenvalue weighted by atomic mass is 10.2. The maximum Gasteiger partial charge on any atom is 0.270 e. The van der Waals surface area contributed by atoms with E-state index in [1.54, 1.807) is 12.1 Å². The molecule has 0 bridgehead atoms. The molecule has 23 heavy (non-hydrogen) atoms. The van der Waals surface area contributed by atoms with Crippen molar-refractivity contribution in [2.45, 2.75) is 6.92 Å². The van der Waals surface area contributed by atoms with E-state index in [-0.39, 0.29) is 5.69 Å². The van der Waals surface area contributed by atoms with E-state index in [2.05, 4.69) is 20.5 Å². The number of nitrogens with one attached hydrogen (secondary N) is 1. The van der Waals surface area contributed by atoms with Crippen molar-refractivity contribution in [3.8, 4) is 0 Å². The Bertz CT molecular complexity index is 908. The lowest BCUT2D eigenvalue weighted by Gasteiger charge is -2.05. The second kappa shape index (κ2) is 6.18. The molecule has 3 rings (SSSR count). The zero-order valence-corrected chi connectivity index (χ0v) is 12.3. The van der Waals surface area contributed by atoms with Gasteiger partial charge in [-0.25, -0.2) is 9.97 Å². The zero-order valence-electron chi connectivity index (χ0n) is 12.3. The fraction of sp³-hybridized carbons (Fsp3) is 0.0625. The molecule has 0 amide bonds. The van der Waals surface area contributed by atoms with Crippen molar-refractivity contribution in [2.24, 2.45) is 5.10 Å². The molecule has 7 nitrogen and oxygen atoms in total. The van der Waals surface area contributed by atoms with Gasteiger partial charge in [0, 0.05) is 17.7 Å². The topological polar surface area (TPSA) is 93.3 Å². The summed E-state index contributed by atoms with van der Waals surface area (Å²) in [6, 6.07) is 13.8. The normalized spacial score (nSPS) is 11.0. The summed E-state index contributed by atoms with van der Waals surface area (Å²) >= 11 is 0. The Morgan fingerprint density at radius 2 is 1.87 bits per heavy atom. The molecule has 0 saturated heterocycles. The number of hydrogen-bond donors (Lipinski definition) is 1. The minimum atomic E-state index is -0.441. The van der Waals surface area contributed by atoms with Crippen LogP contribution in [0, 0.1) is 17.0 Å². The summed E-state index contributed by atoms with van der Waals surface area (Å²) in [6.07, 6.45) is 1.50. The van der Waals surface area contributed by atoms with Crippen LogP contribution in [-0.2, 0) is 0 Å². The van der Waals surface area contributed by atoms with Gasteiger partial charge in [0.2, 0.25) is 0 Å². The van der Waals surface area contributed by atoms with Crippen molar-refractivity contribution < 1.29 is 4.92 Å². The van der Waals surface area contributed by atoms with Crippen molar-refractivity contribution in [2.75, 3.05) is 5.43 Å². The van der Waals surface area contributed by atoms with E-state index in [1.807, 2.05) is 31.2 Å². The molecule has 1 N–H and O–H groups in total. The number of aromatic nitrogens is 2. The van der Waals surface area contributed by atoms with Gasteiger partial charge in [-0.2, -0.15) is 5.10 Å².